The third-order valence-electron chi connectivity index (χ3n) is 1.68. The van der Waals surface area contributed by atoms with Crippen molar-refractivity contribution in [3.8, 4) is 0 Å². The van der Waals surface area contributed by atoms with E-state index >= 15 is 0 Å². The first-order valence-electron chi connectivity index (χ1n) is 3.69. The molecular weight excluding hydrogens is 228 g/mol. The van der Waals surface area contributed by atoms with Crippen molar-refractivity contribution in [3.63, 3.8) is 0 Å². The first-order chi connectivity index (χ1) is 6.75. The predicted octanol–water partition coefficient (Wildman–Crippen LogP) is -0.907. The maximum atomic E-state index is 10.7. The maximum Gasteiger partial charge on any atom is 0.338 e. The predicted molar refractivity (Wildman–Crippen MR) is 49.8 cm³/mol. The Balaban J connectivity index is 5.15. The van der Waals surface area contributed by atoms with E-state index in [1.165, 1.54) is 6.26 Å². The lowest BCUT2D eigenvalue weighted by Gasteiger charge is -2.26. The lowest BCUT2D eigenvalue weighted by atomic mass is 9.95. The average Bonchev–Trinajstić information content (AvgIpc) is 2.02. The zero-order chi connectivity index (χ0) is 12.2. The van der Waals surface area contributed by atoms with Crippen molar-refractivity contribution in [3.05, 3.63) is 0 Å². The largest absolute Gasteiger partial charge is 0.481 e. The smallest absolute Gasteiger partial charge is 0.338 e. The van der Waals surface area contributed by atoms with E-state index in [-0.39, 0.29) is 0 Å². The van der Waals surface area contributed by atoms with Gasteiger partial charge in [0.2, 0.25) is 0 Å². The topological polar surface area (TPSA) is 132 Å². The van der Waals surface area contributed by atoms with Gasteiger partial charge in [-0.15, -0.1) is 11.8 Å². The highest BCUT2D eigenvalue weighted by molar-refractivity contribution is 8.00. The van der Waals surface area contributed by atoms with E-state index in [0.717, 1.165) is 0 Å². The highest BCUT2D eigenvalue weighted by Gasteiger charge is 2.49. The maximum absolute atomic E-state index is 10.7. The van der Waals surface area contributed by atoms with Crippen LogP contribution in [0.4, 0.5) is 0 Å². The van der Waals surface area contributed by atoms with Gasteiger partial charge in [-0.05, 0) is 6.26 Å². The standard InChI is InChI=1S/C7H10O7S/c1-15-4(5(10)11)7(14,6(12)13)2-3(8)9/h4,14H,2H2,1H3,(H,8,9)(H,10,11)(H,12,13)/t4-,7+/m1/s1. The number of carbonyl (C=O) groups is 3. The van der Waals surface area contributed by atoms with Gasteiger partial charge in [0.15, 0.2) is 5.60 Å². The monoisotopic (exact) mass is 238 g/mol. The van der Waals surface area contributed by atoms with Crippen LogP contribution in [0.25, 0.3) is 0 Å². The number of aliphatic carboxylic acids is 3. The molecule has 0 aromatic rings. The fourth-order valence-electron chi connectivity index (χ4n) is 1.01. The van der Waals surface area contributed by atoms with Crippen molar-refractivity contribution in [2.45, 2.75) is 17.3 Å². The molecule has 0 saturated heterocycles. The van der Waals surface area contributed by atoms with Crippen molar-refractivity contribution in [2.24, 2.45) is 0 Å². The Labute approximate surface area is 88.7 Å². The van der Waals surface area contributed by atoms with Crippen molar-refractivity contribution >= 4 is 29.7 Å². The third kappa shape index (κ3) is 3.10. The van der Waals surface area contributed by atoms with Crippen LogP contribution in [0.3, 0.4) is 0 Å². The van der Waals surface area contributed by atoms with Crippen LogP contribution in [0.1, 0.15) is 6.42 Å². The summed E-state index contributed by atoms with van der Waals surface area (Å²) in [6, 6.07) is 0. The number of carboxylic acids is 3. The highest BCUT2D eigenvalue weighted by Crippen LogP contribution is 2.26. The molecule has 86 valence electrons. The lowest BCUT2D eigenvalue weighted by molar-refractivity contribution is -0.169. The summed E-state index contributed by atoms with van der Waals surface area (Å²) in [6.07, 6.45) is 0.106. The molecule has 0 aromatic carbocycles. The fourth-order valence-corrected chi connectivity index (χ4v) is 1.79. The Bertz CT molecular complexity index is 289. The summed E-state index contributed by atoms with van der Waals surface area (Å²) in [5.74, 6) is -5.03. The number of rotatable bonds is 6. The van der Waals surface area contributed by atoms with Gasteiger partial charge in [-0.1, -0.05) is 0 Å². The highest BCUT2D eigenvalue weighted by atomic mass is 32.2. The number of hydrogen-bond donors (Lipinski definition) is 4. The van der Waals surface area contributed by atoms with E-state index in [1.54, 1.807) is 0 Å². The molecule has 0 rings (SSSR count). The Morgan fingerprint density at radius 1 is 1.27 bits per heavy atom. The van der Waals surface area contributed by atoms with Crippen LogP contribution in [0.2, 0.25) is 0 Å². The van der Waals surface area contributed by atoms with E-state index in [4.69, 9.17) is 15.3 Å². The molecule has 0 amide bonds. The Kier molecular flexibility index (Phi) is 4.56. The SMILES string of the molecule is CS[C@H](C(=O)O)[C@@](O)(CC(=O)O)C(=O)O. The average molecular weight is 238 g/mol. The quantitative estimate of drug-likeness (QED) is 0.467. The molecule has 0 fully saturated rings. The molecule has 0 aliphatic rings. The minimum Gasteiger partial charge on any atom is -0.481 e. The molecule has 0 radical (unpaired) electrons. The van der Waals surface area contributed by atoms with Gasteiger partial charge < -0.3 is 20.4 Å². The zero-order valence-electron chi connectivity index (χ0n) is 7.71. The molecule has 2 atom stereocenters. The van der Waals surface area contributed by atoms with Crippen LogP contribution in [0.5, 0.6) is 0 Å². The normalized spacial score (nSPS) is 16.4. The molecule has 0 unspecified atom stereocenters. The molecule has 0 aliphatic heterocycles. The second-order valence-electron chi connectivity index (χ2n) is 2.75. The van der Waals surface area contributed by atoms with Crippen LogP contribution < -0.4 is 0 Å². The molecule has 8 heteroatoms. The molecule has 0 aromatic heterocycles. The van der Waals surface area contributed by atoms with Crippen LogP contribution in [0.15, 0.2) is 0 Å². The van der Waals surface area contributed by atoms with Gasteiger partial charge in [0.1, 0.15) is 5.25 Å². The second-order valence-corrected chi connectivity index (χ2v) is 3.70. The first-order valence-corrected chi connectivity index (χ1v) is 4.97. The van der Waals surface area contributed by atoms with Gasteiger partial charge in [0.05, 0.1) is 6.42 Å². The van der Waals surface area contributed by atoms with E-state index in [1.807, 2.05) is 0 Å². The summed E-state index contributed by atoms with van der Waals surface area (Å²) in [5.41, 5.74) is -2.81. The summed E-state index contributed by atoms with van der Waals surface area (Å²) in [6.45, 7) is 0. The summed E-state index contributed by atoms with van der Waals surface area (Å²) in [4.78, 5) is 31.6. The van der Waals surface area contributed by atoms with Crippen molar-refractivity contribution in [1.29, 1.82) is 0 Å². The van der Waals surface area contributed by atoms with E-state index < -0.39 is 35.2 Å². The number of hydrogen-bond acceptors (Lipinski definition) is 5. The van der Waals surface area contributed by atoms with Gasteiger partial charge in [0, 0.05) is 0 Å². The van der Waals surface area contributed by atoms with Crippen LogP contribution >= 0.6 is 11.8 Å². The van der Waals surface area contributed by atoms with Gasteiger partial charge in [0.25, 0.3) is 0 Å². The molecule has 15 heavy (non-hydrogen) atoms. The minimum absolute atomic E-state index is 0.562. The molecule has 7 nitrogen and oxygen atoms in total. The van der Waals surface area contributed by atoms with Crippen molar-refractivity contribution in [2.75, 3.05) is 6.26 Å². The van der Waals surface area contributed by atoms with Gasteiger partial charge in [-0.3, -0.25) is 9.59 Å². The van der Waals surface area contributed by atoms with Crippen molar-refractivity contribution in [1.82, 2.24) is 0 Å². The first kappa shape index (κ1) is 13.7. The summed E-state index contributed by atoms with van der Waals surface area (Å²) in [7, 11) is 0. The van der Waals surface area contributed by atoms with Crippen molar-refractivity contribution < 1.29 is 34.8 Å². The molecule has 0 spiro atoms. The van der Waals surface area contributed by atoms with Crippen LogP contribution in [-0.2, 0) is 14.4 Å². The minimum atomic E-state index is -2.81. The van der Waals surface area contributed by atoms with Crippen LogP contribution in [-0.4, -0.2) is 55.4 Å². The van der Waals surface area contributed by atoms with Gasteiger partial charge >= 0.3 is 17.9 Å². The summed E-state index contributed by atoms with van der Waals surface area (Å²) >= 11 is 0.562. The van der Waals surface area contributed by atoms with E-state index in [0.29, 0.717) is 11.8 Å². The molecule has 4 N–H and O–H groups in total. The van der Waals surface area contributed by atoms with Crippen LogP contribution in [0, 0.1) is 0 Å². The zero-order valence-corrected chi connectivity index (χ0v) is 8.52. The number of thioether (sulfide) groups is 1. The Morgan fingerprint density at radius 3 is 1.93 bits per heavy atom. The van der Waals surface area contributed by atoms with E-state index in [9.17, 15) is 19.5 Å². The summed E-state index contributed by atoms with van der Waals surface area (Å²) < 4.78 is 0. The van der Waals surface area contributed by atoms with Gasteiger partial charge in [-0.2, -0.15) is 0 Å². The molecule has 0 bridgehead atoms. The van der Waals surface area contributed by atoms with Gasteiger partial charge in [-0.25, -0.2) is 4.79 Å². The molecular formula is C7H10O7S. The molecule has 0 heterocycles. The second kappa shape index (κ2) is 4.99. The molecule has 0 aliphatic carbocycles. The van der Waals surface area contributed by atoms with E-state index in [2.05, 4.69) is 0 Å². The number of aliphatic hydroxyl groups is 1. The lowest BCUT2D eigenvalue weighted by Crippen LogP contribution is -2.52. The third-order valence-corrected chi connectivity index (χ3v) is 2.75. The summed E-state index contributed by atoms with van der Waals surface area (Å²) in [5, 5.41) is 33.5. The Morgan fingerprint density at radius 2 is 1.73 bits per heavy atom. The number of carboxylic acid groups (broad SMARTS) is 3. The fraction of sp³-hybridized carbons (Fsp3) is 0.571. The molecule has 0 saturated carbocycles. The Hall–Kier alpha value is -1.28.